The molecule has 172 valence electrons. The van der Waals surface area contributed by atoms with Crippen LogP contribution >= 0.6 is 0 Å². The van der Waals surface area contributed by atoms with E-state index in [1.807, 2.05) is 6.92 Å². The van der Waals surface area contributed by atoms with Crippen LogP contribution in [-0.4, -0.2) is 56.7 Å². The lowest BCUT2D eigenvalue weighted by molar-refractivity contribution is -0.153. The number of halogens is 3. The number of pyridine rings is 2. The average Bonchev–Trinajstić information content (AvgIpc) is 3.17. The quantitative estimate of drug-likeness (QED) is 0.485. The summed E-state index contributed by atoms with van der Waals surface area (Å²) in [6.45, 7) is 2.52. The molecular formula is C21H24F3N5O3. The highest BCUT2D eigenvalue weighted by atomic mass is 19.4. The van der Waals surface area contributed by atoms with Gasteiger partial charge in [0.1, 0.15) is 5.75 Å². The maximum absolute atomic E-state index is 12.4. The molecule has 3 rings (SSSR count). The number of aryl methyl sites for hydroxylation is 1. The van der Waals surface area contributed by atoms with Crippen LogP contribution in [0.5, 0.6) is 5.75 Å². The number of carbonyl (C=O) groups is 1. The number of carbonyl (C=O) groups excluding carboxylic acids is 1. The molecule has 8 nitrogen and oxygen atoms in total. The van der Waals surface area contributed by atoms with Gasteiger partial charge in [-0.2, -0.15) is 18.3 Å². The SMILES string of the molecule is Cc1cc(C(C)n2cc3c(CC(=O)NCCCO)nccc3n2)ncc1OCC(F)(F)F. The number of hydrogen-bond acceptors (Lipinski definition) is 6. The molecule has 11 heteroatoms. The van der Waals surface area contributed by atoms with Gasteiger partial charge in [-0.25, -0.2) is 0 Å². The van der Waals surface area contributed by atoms with Crippen molar-refractivity contribution in [3.8, 4) is 5.75 Å². The Kier molecular flexibility index (Phi) is 7.29. The number of nitrogens with zero attached hydrogens (tertiary/aromatic N) is 4. The summed E-state index contributed by atoms with van der Waals surface area (Å²) < 4.78 is 43.7. The van der Waals surface area contributed by atoms with E-state index in [2.05, 4.69) is 20.4 Å². The van der Waals surface area contributed by atoms with Crippen LogP contribution in [0.1, 0.15) is 36.3 Å². The van der Waals surface area contributed by atoms with E-state index >= 15 is 0 Å². The Hall–Kier alpha value is -3.21. The Balaban J connectivity index is 1.78. The van der Waals surface area contributed by atoms with Crippen molar-refractivity contribution in [3.63, 3.8) is 0 Å². The minimum atomic E-state index is -4.42. The van der Waals surface area contributed by atoms with Crippen molar-refractivity contribution in [1.29, 1.82) is 0 Å². The molecule has 0 aliphatic rings. The molecule has 1 atom stereocenters. The molecule has 3 aromatic heterocycles. The normalized spacial score (nSPS) is 12.7. The smallest absolute Gasteiger partial charge is 0.422 e. The number of aliphatic hydroxyl groups is 1. The van der Waals surface area contributed by atoms with E-state index in [-0.39, 0.29) is 30.7 Å². The number of nitrogens with one attached hydrogen (secondary N) is 1. The second kappa shape index (κ2) is 9.94. The third kappa shape index (κ3) is 5.94. The molecule has 0 saturated heterocycles. The van der Waals surface area contributed by atoms with Crippen LogP contribution in [0.3, 0.4) is 0 Å². The number of fused-ring (bicyclic) bond motifs is 1. The Morgan fingerprint density at radius 1 is 1.34 bits per heavy atom. The molecular weight excluding hydrogens is 427 g/mol. The molecule has 0 bridgehead atoms. The maximum Gasteiger partial charge on any atom is 0.422 e. The Bertz CT molecular complexity index is 1080. The van der Waals surface area contributed by atoms with Crippen LogP contribution in [0.4, 0.5) is 13.2 Å². The summed E-state index contributed by atoms with van der Waals surface area (Å²) in [4.78, 5) is 20.7. The summed E-state index contributed by atoms with van der Waals surface area (Å²) in [6, 6.07) is 3.08. The molecule has 32 heavy (non-hydrogen) atoms. The number of aliphatic hydroxyl groups excluding tert-OH is 1. The van der Waals surface area contributed by atoms with Crippen molar-refractivity contribution < 1.29 is 27.8 Å². The Labute approximate surface area is 182 Å². The molecule has 0 radical (unpaired) electrons. The monoisotopic (exact) mass is 451 g/mol. The van der Waals surface area contributed by atoms with Gasteiger partial charge in [-0.15, -0.1) is 0 Å². The minimum absolute atomic E-state index is 0.00170. The molecule has 0 fully saturated rings. The number of aromatic nitrogens is 4. The van der Waals surface area contributed by atoms with E-state index in [0.717, 1.165) is 5.39 Å². The molecule has 1 unspecified atom stereocenters. The third-order valence-electron chi connectivity index (χ3n) is 4.82. The first kappa shape index (κ1) is 23.5. The third-order valence-corrected chi connectivity index (χ3v) is 4.82. The van der Waals surface area contributed by atoms with Gasteiger partial charge in [0.05, 0.1) is 35.6 Å². The van der Waals surface area contributed by atoms with Gasteiger partial charge in [0.15, 0.2) is 6.61 Å². The average molecular weight is 451 g/mol. The molecule has 2 N–H and O–H groups in total. The number of rotatable bonds is 9. The number of hydrogen-bond donors (Lipinski definition) is 2. The number of ether oxygens (including phenoxy) is 1. The molecule has 0 aliphatic heterocycles. The second-order valence-corrected chi connectivity index (χ2v) is 7.36. The highest BCUT2D eigenvalue weighted by Gasteiger charge is 2.29. The summed E-state index contributed by atoms with van der Waals surface area (Å²) in [5.41, 5.74) is 2.37. The predicted molar refractivity (Wildman–Crippen MR) is 110 cm³/mol. The zero-order chi connectivity index (χ0) is 23.3. The standard InChI is InChI=1S/C21H24F3N5O3/c1-13-8-17(27-10-19(13)32-12-21(22,23)24)14(2)29-11-15-16(28-29)4-6-25-18(15)9-20(31)26-5-3-7-30/h4,6,8,10-11,14,30H,3,5,7,9,12H2,1-2H3,(H,26,31). The van der Waals surface area contributed by atoms with Gasteiger partial charge in [-0.1, -0.05) is 0 Å². The maximum atomic E-state index is 12.4. The summed E-state index contributed by atoms with van der Waals surface area (Å²) in [5, 5.41) is 16.8. The summed E-state index contributed by atoms with van der Waals surface area (Å²) >= 11 is 0. The largest absolute Gasteiger partial charge is 0.482 e. The second-order valence-electron chi connectivity index (χ2n) is 7.36. The van der Waals surface area contributed by atoms with Gasteiger partial charge < -0.3 is 15.2 Å². The highest BCUT2D eigenvalue weighted by molar-refractivity contribution is 5.86. The van der Waals surface area contributed by atoms with Crippen LogP contribution in [-0.2, 0) is 11.2 Å². The number of amides is 1. The Morgan fingerprint density at radius 3 is 2.81 bits per heavy atom. The van der Waals surface area contributed by atoms with E-state index in [0.29, 0.717) is 35.4 Å². The molecule has 3 heterocycles. The van der Waals surface area contributed by atoms with Crippen molar-refractivity contribution in [3.05, 3.63) is 47.7 Å². The minimum Gasteiger partial charge on any atom is -0.482 e. The van der Waals surface area contributed by atoms with E-state index in [9.17, 15) is 18.0 Å². The van der Waals surface area contributed by atoms with Gasteiger partial charge in [-0.05, 0) is 38.0 Å². The van der Waals surface area contributed by atoms with Crippen LogP contribution in [0.25, 0.3) is 10.9 Å². The van der Waals surface area contributed by atoms with Gasteiger partial charge in [-0.3, -0.25) is 19.4 Å². The van der Waals surface area contributed by atoms with Gasteiger partial charge in [0.2, 0.25) is 5.91 Å². The van der Waals surface area contributed by atoms with Crippen LogP contribution in [0.2, 0.25) is 0 Å². The van der Waals surface area contributed by atoms with Crippen LogP contribution in [0, 0.1) is 6.92 Å². The van der Waals surface area contributed by atoms with E-state index in [1.54, 1.807) is 36.1 Å². The topological polar surface area (TPSA) is 102 Å². The lowest BCUT2D eigenvalue weighted by atomic mass is 10.1. The first-order valence-corrected chi connectivity index (χ1v) is 10.0. The van der Waals surface area contributed by atoms with E-state index < -0.39 is 12.8 Å². The lowest BCUT2D eigenvalue weighted by Crippen LogP contribution is -2.26. The van der Waals surface area contributed by atoms with Crippen LogP contribution < -0.4 is 10.1 Å². The predicted octanol–water partition coefficient (Wildman–Crippen LogP) is 2.73. The Morgan fingerprint density at radius 2 is 2.12 bits per heavy atom. The van der Waals surface area contributed by atoms with Crippen molar-refractivity contribution in [1.82, 2.24) is 25.1 Å². The van der Waals surface area contributed by atoms with Crippen molar-refractivity contribution >= 4 is 16.8 Å². The zero-order valence-electron chi connectivity index (χ0n) is 17.7. The van der Waals surface area contributed by atoms with E-state index in [1.165, 1.54) is 6.20 Å². The van der Waals surface area contributed by atoms with Gasteiger partial charge in [0, 0.05) is 30.9 Å². The fourth-order valence-electron chi connectivity index (χ4n) is 3.12. The summed E-state index contributed by atoms with van der Waals surface area (Å²) in [7, 11) is 0. The van der Waals surface area contributed by atoms with Gasteiger partial charge in [0.25, 0.3) is 0 Å². The highest BCUT2D eigenvalue weighted by Crippen LogP contribution is 2.26. The van der Waals surface area contributed by atoms with Gasteiger partial charge >= 0.3 is 6.18 Å². The molecule has 0 aromatic carbocycles. The van der Waals surface area contributed by atoms with Crippen molar-refractivity contribution in [2.24, 2.45) is 0 Å². The summed E-state index contributed by atoms with van der Waals surface area (Å²) in [6.07, 6.45) is 0.760. The first-order chi connectivity index (χ1) is 15.2. The molecule has 3 aromatic rings. The molecule has 0 saturated carbocycles. The summed E-state index contributed by atoms with van der Waals surface area (Å²) in [5.74, 6) is -0.131. The van der Waals surface area contributed by atoms with Crippen molar-refractivity contribution in [2.75, 3.05) is 19.8 Å². The molecule has 1 amide bonds. The van der Waals surface area contributed by atoms with E-state index in [4.69, 9.17) is 9.84 Å². The zero-order valence-corrected chi connectivity index (χ0v) is 17.7. The number of alkyl halides is 3. The van der Waals surface area contributed by atoms with Crippen molar-refractivity contribution in [2.45, 2.75) is 38.9 Å². The first-order valence-electron chi connectivity index (χ1n) is 10.0. The van der Waals surface area contributed by atoms with Crippen LogP contribution in [0.15, 0.2) is 30.7 Å². The molecule has 0 aliphatic carbocycles. The lowest BCUT2D eigenvalue weighted by Gasteiger charge is -2.15. The molecule has 0 spiro atoms. The fourth-order valence-corrected chi connectivity index (χ4v) is 3.12. The fraction of sp³-hybridized carbons (Fsp3) is 0.429.